The van der Waals surface area contributed by atoms with Gasteiger partial charge in [0, 0.05) is 0 Å². The van der Waals surface area contributed by atoms with Crippen LogP contribution in [0.4, 0.5) is 4.79 Å². The Hall–Kier alpha value is -1.87. The molecule has 126 valence electrons. The number of hydrogen-bond acceptors (Lipinski definition) is 6. The van der Waals surface area contributed by atoms with E-state index < -0.39 is 30.0 Å². The van der Waals surface area contributed by atoms with Gasteiger partial charge in [0.25, 0.3) is 0 Å². The van der Waals surface area contributed by atoms with Gasteiger partial charge in [-0.1, -0.05) is 12.1 Å². The average molecular weight is 354 g/mol. The van der Waals surface area contributed by atoms with Crippen LogP contribution in [0.25, 0.3) is 5.57 Å². The van der Waals surface area contributed by atoms with E-state index >= 15 is 0 Å². The van der Waals surface area contributed by atoms with Crippen molar-refractivity contribution in [2.75, 3.05) is 0 Å². The van der Waals surface area contributed by atoms with Crippen molar-refractivity contribution >= 4 is 23.5 Å². The van der Waals surface area contributed by atoms with E-state index in [4.69, 9.17) is 10.5 Å². The maximum Gasteiger partial charge on any atom is 1.00 e. The molecular formula is C16H15N2NaO6. The molecule has 1 aromatic rings. The number of nitrogens with zero attached hydrogens (tertiary/aromatic N) is 1. The van der Waals surface area contributed by atoms with E-state index in [1.165, 1.54) is 24.0 Å². The van der Waals surface area contributed by atoms with Crippen LogP contribution in [0.3, 0.4) is 0 Å². The van der Waals surface area contributed by atoms with E-state index in [2.05, 4.69) is 0 Å². The summed E-state index contributed by atoms with van der Waals surface area (Å²) in [6.45, 7) is 1.51. The van der Waals surface area contributed by atoms with Crippen molar-refractivity contribution in [1.82, 2.24) is 4.90 Å². The van der Waals surface area contributed by atoms with Gasteiger partial charge < -0.3 is 30.4 Å². The van der Waals surface area contributed by atoms with Crippen LogP contribution in [0.2, 0.25) is 0 Å². The first-order valence-corrected chi connectivity index (χ1v) is 7.34. The molecule has 9 heteroatoms. The van der Waals surface area contributed by atoms with E-state index in [-0.39, 0.29) is 47.0 Å². The van der Waals surface area contributed by atoms with Gasteiger partial charge in [0.2, 0.25) is 5.91 Å². The van der Waals surface area contributed by atoms with Gasteiger partial charge in [-0.2, -0.15) is 0 Å². The fourth-order valence-corrected chi connectivity index (χ4v) is 3.36. The molecule has 2 aliphatic heterocycles. The Morgan fingerprint density at radius 1 is 1.36 bits per heavy atom. The van der Waals surface area contributed by atoms with Crippen LogP contribution in [0, 0.1) is 5.92 Å². The molecular weight excluding hydrogens is 339 g/mol. The van der Waals surface area contributed by atoms with Gasteiger partial charge in [-0.05, 0) is 36.6 Å². The Bertz CT molecular complexity index is 758. The number of carboxylic acids is 1. The molecule has 0 aromatic heterocycles. The molecule has 8 nitrogen and oxygen atoms in total. The van der Waals surface area contributed by atoms with Gasteiger partial charge in [0.1, 0.15) is 5.75 Å². The second-order valence-electron chi connectivity index (χ2n) is 5.81. The number of carbonyl (C=O) groups is 3. The first-order chi connectivity index (χ1) is 11.3. The van der Waals surface area contributed by atoms with Gasteiger partial charge >= 0.3 is 35.7 Å². The Morgan fingerprint density at radius 2 is 1.96 bits per heavy atom. The molecule has 3 atom stereocenters. The van der Waals surface area contributed by atoms with Gasteiger partial charge in [-0.25, -0.2) is 4.79 Å². The Morgan fingerprint density at radius 3 is 2.44 bits per heavy atom. The van der Waals surface area contributed by atoms with E-state index in [0.29, 0.717) is 17.6 Å². The van der Waals surface area contributed by atoms with Crippen molar-refractivity contribution in [3.8, 4) is 5.75 Å². The predicted molar refractivity (Wildman–Crippen MR) is 79.0 cm³/mol. The molecule has 1 saturated heterocycles. The van der Waals surface area contributed by atoms with Gasteiger partial charge in [0.05, 0.1) is 29.7 Å². The quantitative estimate of drug-likeness (QED) is 0.421. The summed E-state index contributed by atoms with van der Waals surface area (Å²) in [7, 11) is 0. The number of benzene rings is 1. The summed E-state index contributed by atoms with van der Waals surface area (Å²) in [6, 6.07) is 5.71. The molecule has 3 rings (SSSR count). The first kappa shape index (κ1) is 19.5. The third kappa shape index (κ3) is 3.30. The molecule has 2 heterocycles. The number of β-lactam (4-membered cyclic amide) rings is 1. The van der Waals surface area contributed by atoms with Crippen LogP contribution in [-0.4, -0.2) is 40.1 Å². The van der Waals surface area contributed by atoms with Crippen molar-refractivity contribution in [2.24, 2.45) is 11.7 Å². The standard InChI is InChI=1S/C16H16N2O6.Na/c1-7(19)12-11-6-10(13(15(21)22)18(11)14(12)20)8-2-4-9(5-3-8)24-16(17)23;/h2-5,7,11-12,19H,6H2,1H3,(H2,17,23)(H,21,22);/q;+1/p-1/t7-,11-,12-;/m1./s1. The zero-order valence-electron chi connectivity index (χ0n) is 13.8. The average Bonchev–Trinajstić information content (AvgIpc) is 2.82. The van der Waals surface area contributed by atoms with Crippen molar-refractivity contribution < 1.29 is 58.9 Å². The Labute approximate surface area is 165 Å². The first-order valence-electron chi connectivity index (χ1n) is 7.34. The summed E-state index contributed by atoms with van der Waals surface area (Å²) in [6.07, 6.45) is -1.50. The fourth-order valence-electron chi connectivity index (χ4n) is 3.36. The zero-order valence-corrected chi connectivity index (χ0v) is 15.8. The molecule has 0 radical (unpaired) electrons. The molecule has 1 aromatic carbocycles. The van der Waals surface area contributed by atoms with E-state index in [0.717, 1.165) is 0 Å². The number of hydrogen-bond donors (Lipinski definition) is 2. The molecule has 0 unspecified atom stereocenters. The summed E-state index contributed by atoms with van der Waals surface area (Å²) >= 11 is 0. The van der Waals surface area contributed by atoms with Gasteiger partial charge in [-0.15, -0.1) is 0 Å². The van der Waals surface area contributed by atoms with Gasteiger partial charge in [-0.3, -0.25) is 4.79 Å². The molecule has 1 fully saturated rings. The van der Waals surface area contributed by atoms with Crippen molar-refractivity contribution in [2.45, 2.75) is 25.5 Å². The van der Waals surface area contributed by atoms with Crippen LogP contribution < -0.4 is 45.1 Å². The van der Waals surface area contributed by atoms with Crippen molar-refractivity contribution in [3.05, 3.63) is 35.5 Å². The number of carbonyl (C=O) groups excluding carboxylic acids is 3. The maximum absolute atomic E-state index is 12.1. The zero-order chi connectivity index (χ0) is 17.6. The summed E-state index contributed by atoms with van der Waals surface area (Å²) in [5.41, 5.74) is 5.76. The molecule has 2 amide bonds. The third-order valence-electron chi connectivity index (χ3n) is 4.34. The van der Waals surface area contributed by atoms with Gasteiger partial charge in [0.15, 0.2) is 0 Å². The number of rotatable bonds is 4. The summed E-state index contributed by atoms with van der Waals surface area (Å²) in [5, 5.41) is 21.2. The normalized spacial score (nSPS) is 22.6. The number of aliphatic hydroxyl groups excluding tert-OH is 1. The Balaban J connectivity index is 0.00000225. The molecule has 0 spiro atoms. The fraction of sp³-hybridized carbons (Fsp3) is 0.312. The van der Waals surface area contributed by atoms with E-state index in [1.54, 1.807) is 12.1 Å². The number of nitrogens with two attached hydrogens (primary N) is 1. The maximum atomic E-state index is 12.1. The summed E-state index contributed by atoms with van der Waals surface area (Å²) in [5.74, 6) is -2.25. The van der Waals surface area contributed by atoms with Crippen LogP contribution >= 0.6 is 0 Å². The number of aliphatic hydroxyl groups is 1. The molecule has 2 aliphatic rings. The SMILES string of the molecule is C[C@@H](O)[C@H]1C(=O)N2C(C(=O)[O-])=C(c3ccc(OC(N)=O)cc3)C[C@H]12.[Na+]. The monoisotopic (exact) mass is 354 g/mol. The molecule has 0 saturated carbocycles. The van der Waals surface area contributed by atoms with E-state index in [1.807, 2.05) is 0 Å². The number of aliphatic carboxylic acids is 1. The molecule has 25 heavy (non-hydrogen) atoms. The number of amides is 2. The minimum Gasteiger partial charge on any atom is -0.543 e. The molecule has 3 N–H and O–H groups in total. The Kier molecular flexibility index (Phi) is 5.58. The molecule has 0 aliphatic carbocycles. The van der Waals surface area contributed by atoms with Crippen LogP contribution in [0.15, 0.2) is 30.0 Å². The van der Waals surface area contributed by atoms with Crippen LogP contribution in [0.1, 0.15) is 18.9 Å². The van der Waals surface area contributed by atoms with E-state index in [9.17, 15) is 24.6 Å². The smallest absolute Gasteiger partial charge is 0.543 e. The number of carboxylic acid groups (broad SMARTS) is 1. The molecule has 0 bridgehead atoms. The summed E-state index contributed by atoms with van der Waals surface area (Å²) < 4.78 is 4.72. The minimum atomic E-state index is -1.44. The second kappa shape index (κ2) is 7.17. The number of fused-ring (bicyclic) bond motifs is 1. The predicted octanol–water partition coefficient (Wildman–Crippen LogP) is -3.78. The number of primary amides is 1. The van der Waals surface area contributed by atoms with Crippen LogP contribution in [-0.2, 0) is 9.59 Å². The number of ether oxygens (including phenoxy) is 1. The third-order valence-corrected chi connectivity index (χ3v) is 4.34. The van der Waals surface area contributed by atoms with Crippen molar-refractivity contribution in [1.29, 1.82) is 0 Å². The summed E-state index contributed by atoms with van der Waals surface area (Å²) in [4.78, 5) is 35.5. The topological polar surface area (TPSA) is 133 Å². The largest absolute Gasteiger partial charge is 1.00 e. The van der Waals surface area contributed by atoms with Crippen molar-refractivity contribution in [3.63, 3.8) is 0 Å². The second-order valence-corrected chi connectivity index (χ2v) is 5.81. The minimum absolute atomic E-state index is 0. The van der Waals surface area contributed by atoms with Crippen LogP contribution in [0.5, 0.6) is 5.75 Å².